The van der Waals surface area contributed by atoms with Crippen molar-refractivity contribution in [2.24, 2.45) is 0 Å². The molecule has 3 aromatic heterocycles. The predicted molar refractivity (Wildman–Crippen MR) is 108 cm³/mol. The summed E-state index contributed by atoms with van der Waals surface area (Å²) in [4.78, 5) is 12.9. The van der Waals surface area contributed by atoms with Crippen LogP contribution in [0.4, 0.5) is 10.3 Å². The van der Waals surface area contributed by atoms with Crippen LogP contribution >= 0.6 is 0 Å². The van der Waals surface area contributed by atoms with E-state index in [1.807, 2.05) is 12.1 Å². The first-order chi connectivity index (χ1) is 15.0. The number of halogens is 1. The summed E-state index contributed by atoms with van der Waals surface area (Å²) < 4.78 is 25.9. The van der Waals surface area contributed by atoms with Gasteiger partial charge in [-0.3, -0.25) is 4.98 Å². The van der Waals surface area contributed by atoms with Crippen LogP contribution in [0.25, 0.3) is 22.3 Å². The van der Waals surface area contributed by atoms with Crippen LogP contribution in [0.5, 0.6) is 5.75 Å². The fourth-order valence-corrected chi connectivity index (χ4v) is 3.47. The Morgan fingerprint density at radius 1 is 1.23 bits per heavy atom. The Morgan fingerprint density at radius 2 is 2.06 bits per heavy atom. The SMILES string of the molecule is COc1c(F)ccc2c(-c3cn(Cc4cccc(C5(O)COC5)n4)nn3)nc(N)nc12. The highest BCUT2D eigenvalue weighted by Crippen LogP contribution is 2.33. The number of aromatic nitrogens is 6. The molecule has 1 aromatic carbocycles. The first-order valence-corrected chi connectivity index (χ1v) is 9.43. The maximum atomic E-state index is 14.1. The average molecular weight is 423 g/mol. The van der Waals surface area contributed by atoms with Crippen molar-refractivity contribution in [2.45, 2.75) is 12.1 Å². The van der Waals surface area contributed by atoms with Crippen molar-refractivity contribution in [3.63, 3.8) is 0 Å². The van der Waals surface area contributed by atoms with Gasteiger partial charge in [0.2, 0.25) is 5.95 Å². The average Bonchev–Trinajstić information content (AvgIpc) is 3.19. The van der Waals surface area contributed by atoms with Crippen LogP contribution in [0.15, 0.2) is 36.5 Å². The van der Waals surface area contributed by atoms with Gasteiger partial charge in [0.1, 0.15) is 16.9 Å². The summed E-state index contributed by atoms with van der Waals surface area (Å²) in [5.74, 6) is -0.599. The molecule has 4 aromatic rings. The Balaban J connectivity index is 1.49. The molecule has 3 N–H and O–H groups in total. The fourth-order valence-electron chi connectivity index (χ4n) is 3.47. The summed E-state index contributed by atoms with van der Waals surface area (Å²) in [6.07, 6.45) is 1.69. The van der Waals surface area contributed by atoms with Crippen molar-refractivity contribution >= 4 is 16.9 Å². The van der Waals surface area contributed by atoms with Crippen molar-refractivity contribution in [3.05, 3.63) is 53.7 Å². The summed E-state index contributed by atoms with van der Waals surface area (Å²) in [5.41, 5.74) is 7.16. The molecular weight excluding hydrogens is 405 g/mol. The molecule has 1 saturated heterocycles. The topological polar surface area (TPSA) is 134 Å². The number of fused-ring (bicyclic) bond motifs is 1. The summed E-state index contributed by atoms with van der Waals surface area (Å²) in [6, 6.07) is 8.25. The highest BCUT2D eigenvalue weighted by molar-refractivity contribution is 5.95. The third-order valence-electron chi connectivity index (χ3n) is 5.07. The van der Waals surface area contributed by atoms with Gasteiger partial charge >= 0.3 is 0 Å². The van der Waals surface area contributed by atoms with Crippen LogP contribution in [-0.4, -0.2) is 55.4 Å². The molecule has 1 aliphatic rings. The number of nitrogens with two attached hydrogens (primary N) is 1. The van der Waals surface area contributed by atoms with Gasteiger partial charge in [-0.15, -0.1) is 5.10 Å². The first kappa shape index (κ1) is 19.3. The highest BCUT2D eigenvalue weighted by Gasteiger charge is 2.39. The lowest BCUT2D eigenvalue weighted by Gasteiger charge is -2.35. The predicted octanol–water partition coefficient (Wildman–Crippen LogP) is 1.28. The molecule has 0 spiro atoms. The number of nitrogens with zero attached hydrogens (tertiary/aromatic N) is 6. The lowest BCUT2D eigenvalue weighted by molar-refractivity contribution is -0.186. The van der Waals surface area contributed by atoms with Crippen LogP contribution in [0.3, 0.4) is 0 Å². The summed E-state index contributed by atoms with van der Waals surface area (Å²) in [6.45, 7) is 0.778. The molecule has 0 bridgehead atoms. The van der Waals surface area contributed by atoms with Crippen molar-refractivity contribution < 1.29 is 19.0 Å². The third-order valence-corrected chi connectivity index (χ3v) is 5.07. The van der Waals surface area contributed by atoms with Crippen molar-refractivity contribution in [1.29, 1.82) is 0 Å². The van der Waals surface area contributed by atoms with Gasteiger partial charge in [-0.1, -0.05) is 11.3 Å². The van der Waals surface area contributed by atoms with E-state index in [4.69, 9.17) is 15.2 Å². The molecule has 158 valence electrons. The van der Waals surface area contributed by atoms with Gasteiger partial charge in [0, 0.05) is 5.39 Å². The Labute approximate surface area is 175 Å². The number of aliphatic hydroxyl groups is 1. The molecular formula is C20H18FN7O3. The molecule has 11 heteroatoms. The third kappa shape index (κ3) is 3.33. The second-order valence-corrected chi connectivity index (χ2v) is 7.25. The molecule has 0 aliphatic carbocycles. The zero-order chi connectivity index (χ0) is 21.6. The van der Waals surface area contributed by atoms with E-state index in [-0.39, 0.29) is 30.4 Å². The van der Waals surface area contributed by atoms with Crippen LogP contribution < -0.4 is 10.5 Å². The lowest BCUT2D eigenvalue weighted by Crippen LogP contribution is -2.47. The zero-order valence-corrected chi connectivity index (χ0v) is 16.5. The lowest BCUT2D eigenvalue weighted by atomic mass is 9.97. The van der Waals surface area contributed by atoms with Gasteiger partial charge in [0.25, 0.3) is 0 Å². The molecule has 4 heterocycles. The van der Waals surface area contributed by atoms with Crippen molar-refractivity contribution in [1.82, 2.24) is 29.9 Å². The maximum absolute atomic E-state index is 14.1. The van der Waals surface area contributed by atoms with E-state index < -0.39 is 11.4 Å². The molecule has 0 saturated carbocycles. The Bertz CT molecular complexity index is 1290. The Morgan fingerprint density at radius 3 is 2.81 bits per heavy atom. The molecule has 31 heavy (non-hydrogen) atoms. The summed E-state index contributed by atoms with van der Waals surface area (Å²) in [5, 5.41) is 19.3. The number of anilines is 1. The van der Waals surface area contributed by atoms with E-state index in [1.54, 1.807) is 23.0 Å². The smallest absolute Gasteiger partial charge is 0.221 e. The summed E-state index contributed by atoms with van der Waals surface area (Å²) >= 11 is 0. The molecule has 10 nitrogen and oxygen atoms in total. The zero-order valence-electron chi connectivity index (χ0n) is 16.5. The number of benzene rings is 1. The number of nitrogen functional groups attached to an aromatic ring is 1. The van der Waals surface area contributed by atoms with Gasteiger partial charge in [-0.2, -0.15) is 0 Å². The minimum atomic E-state index is -1.05. The van der Waals surface area contributed by atoms with Crippen molar-refractivity contribution in [2.75, 3.05) is 26.1 Å². The molecule has 0 radical (unpaired) electrons. The molecule has 0 atom stereocenters. The van der Waals surface area contributed by atoms with E-state index in [0.29, 0.717) is 34.7 Å². The number of hydrogen-bond donors (Lipinski definition) is 2. The van der Waals surface area contributed by atoms with Gasteiger partial charge in [-0.25, -0.2) is 19.0 Å². The highest BCUT2D eigenvalue weighted by atomic mass is 19.1. The largest absolute Gasteiger partial charge is 0.491 e. The van der Waals surface area contributed by atoms with Crippen LogP contribution in [0.2, 0.25) is 0 Å². The normalized spacial score (nSPS) is 15.1. The Kier molecular flexibility index (Phi) is 4.49. The molecule has 5 rings (SSSR count). The maximum Gasteiger partial charge on any atom is 0.221 e. The minimum absolute atomic E-state index is 0.0147. The number of ether oxygens (including phenoxy) is 2. The minimum Gasteiger partial charge on any atom is -0.491 e. The molecule has 0 unspecified atom stereocenters. The van der Waals surface area contributed by atoms with Crippen molar-refractivity contribution in [3.8, 4) is 17.1 Å². The van der Waals surface area contributed by atoms with Crippen LogP contribution in [-0.2, 0) is 16.9 Å². The standard InChI is InChI=1S/C20H18FN7O3/c1-30-18-13(21)6-5-12-16(24-19(22)25-17(12)18)14-8-28(27-26-14)7-11-3-2-4-15(23-11)20(29)9-31-10-20/h2-6,8,29H,7,9-10H2,1H3,(H2,22,24,25). The van der Waals surface area contributed by atoms with E-state index in [0.717, 1.165) is 0 Å². The molecule has 0 amide bonds. The van der Waals surface area contributed by atoms with Crippen LogP contribution in [0.1, 0.15) is 11.4 Å². The van der Waals surface area contributed by atoms with E-state index in [2.05, 4.69) is 25.3 Å². The van der Waals surface area contributed by atoms with Gasteiger partial charge in [0.15, 0.2) is 17.2 Å². The van der Waals surface area contributed by atoms with Gasteiger partial charge < -0.3 is 20.3 Å². The molecule has 1 fully saturated rings. The quantitative estimate of drug-likeness (QED) is 0.487. The fraction of sp³-hybridized carbons (Fsp3) is 0.250. The molecule has 1 aliphatic heterocycles. The summed E-state index contributed by atoms with van der Waals surface area (Å²) in [7, 11) is 1.36. The van der Waals surface area contributed by atoms with Crippen LogP contribution in [0, 0.1) is 5.82 Å². The van der Waals surface area contributed by atoms with E-state index >= 15 is 0 Å². The van der Waals surface area contributed by atoms with E-state index in [1.165, 1.54) is 13.2 Å². The number of pyridine rings is 1. The number of rotatable bonds is 5. The second-order valence-electron chi connectivity index (χ2n) is 7.25. The van der Waals surface area contributed by atoms with Gasteiger partial charge in [0.05, 0.1) is 44.5 Å². The number of methoxy groups -OCH3 is 1. The number of hydrogen-bond acceptors (Lipinski definition) is 9. The van der Waals surface area contributed by atoms with E-state index in [9.17, 15) is 9.50 Å². The monoisotopic (exact) mass is 423 g/mol. The first-order valence-electron chi connectivity index (χ1n) is 9.43. The second kappa shape index (κ2) is 7.22. The Hall–Kier alpha value is -3.70. The van der Waals surface area contributed by atoms with Gasteiger partial charge in [-0.05, 0) is 24.3 Å².